The third kappa shape index (κ3) is 2.87. The van der Waals surface area contributed by atoms with Crippen LogP contribution in [0.25, 0.3) is 10.9 Å². The molecule has 0 unspecified atom stereocenters. The van der Waals surface area contributed by atoms with Crippen LogP contribution in [0.1, 0.15) is 22.0 Å². The van der Waals surface area contributed by atoms with Gasteiger partial charge in [0.1, 0.15) is 6.04 Å². The van der Waals surface area contributed by atoms with Gasteiger partial charge >= 0.3 is 0 Å². The summed E-state index contributed by atoms with van der Waals surface area (Å²) in [6.45, 7) is 0.217. The van der Waals surface area contributed by atoms with Crippen LogP contribution in [0.4, 0.5) is 5.69 Å². The molecule has 5 nitrogen and oxygen atoms in total. The molecule has 0 saturated carbocycles. The maximum atomic E-state index is 13.5. The molecule has 0 saturated heterocycles. The fourth-order valence-corrected chi connectivity index (χ4v) is 3.53. The highest BCUT2D eigenvalue weighted by molar-refractivity contribution is 6.11. The summed E-state index contributed by atoms with van der Waals surface area (Å²) >= 11 is 0. The third-order valence-corrected chi connectivity index (χ3v) is 4.93. The molecule has 28 heavy (non-hydrogen) atoms. The van der Waals surface area contributed by atoms with E-state index in [1.807, 2.05) is 72.8 Å². The molecule has 1 aliphatic heterocycles. The highest BCUT2D eigenvalue weighted by atomic mass is 16.7. The largest absolute Gasteiger partial charge is 0.454 e. The molecule has 1 atom stereocenters. The van der Waals surface area contributed by atoms with Crippen molar-refractivity contribution in [1.82, 2.24) is 4.98 Å². The summed E-state index contributed by atoms with van der Waals surface area (Å²) in [4.78, 5) is 16.7. The number of Topliss-reactive ketones (excluding diaryl/α,β-unsaturated/α-hetero) is 1. The quantitative estimate of drug-likeness (QED) is 0.489. The Labute approximate surface area is 161 Å². The number of ketones is 1. The van der Waals surface area contributed by atoms with Crippen molar-refractivity contribution in [3.8, 4) is 11.5 Å². The van der Waals surface area contributed by atoms with Crippen LogP contribution < -0.4 is 14.8 Å². The number of carbonyl (C=O) groups is 1. The van der Waals surface area contributed by atoms with E-state index < -0.39 is 6.04 Å². The summed E-state index contributed by atoms with van der Waals surface area (Å²) in [5, 5.41) is 4.30. The van der Waals surface area contributed by atoms with Gasteiger partial charge in [0, 0.05) is 34.4 Å². The normalized spacial score (nSPS) is 13.4. The average Bonchev–Trinajstić information content (AvgIpc) is 3.38. The minimum atomic E-state index is -0.527. The van der Waals surface area contributed by atoms with Crippen LogP contribution in [0, 0.1) is 0 Å². The standard InChI is InChI=1S/C23H18N2O3/c26-23(18-13-24-19-9-5-4-8-17(18)19)22(15-6-2-1-3-7-15)25-16-10-11-20-21(12-16)28-14-27-20/h1-13,22,24-25H,14H2/t22-/m0/s1. The summed E-state index contributed by atoms with van der Waals surface area (Å²) in [7, 11) is 0. The molecule has 5 rings (SSSR count). The molecule has 2 heterocycles. The highest BCUT2D eigenvalue weighted by Gasteiger charge is 2.25. The van der Waals surface area contributed by atoms with Gasteiger partial charge in [-0.2, -0.15) is 0 Å². The maximum absolute atomic E-state index is 13.5. The molecule has 0 bridgehead atoms. The van der Waals surface area contributed by atoms with Gasteiger partial charge in [-0.05, 0) is 23.8 Å². The number of fused-ring (bicyclic) bond motifs is 2. The predicted molar refractivity (Wildman–Crippen MR) is 108 cm³/mol. The Morgan fingerprint density at radius 2 is 1.71 bits per heavy atom. The lowest BCUT2D eigenvalue weighted by molar-refractivity contribution is 0.0971. The monoisotopic (exact) mass is 370 g/mol. The second-order valence-electron chi connectivity index (χ2n) is 6.67. The lowest BCUT2D eigenvalue weighted by Gasteiger charge is -2.19. The number of hydrogen-bond donors (Lipinski definition) is 2. The fourth-order valence-electron chi connectivity index (χ4n) is 3.53. The van der Waals surface area contributed by atoms with Gasteiger partial charge in [-0.25, -0.2) is 0 Å². The zero-order chi connectivity index (χ0) is 18.9. The molecular formula is C23H18N2O3. The smallest absolute Gasteiger partial charge is 0.231 e. The Hall–Kier alpha value is -3.73. The van der Waals surface area contributed by atoms with Crippen LogP contribution in [0.2, 0.25) is 0 Å². The number of aromatic amines is 1. The van der Waals surface area contributed by atoms with Crippen molar-refractivity contribution in [3.63, 3.8) is 0 Å². The van der Waals surface area contributed by atoms with Crippen LogP contribution in [-0.2, 0) is 0 Å². The van der Waals surface area contributed by atoms with E-state index in [1.54, 1.807) is 6.20 Å². The Morgan fingerprint density at radius 1 is 0.929 bits per heavy atom. The summed E-state index contributed by atoms with van der Waals surface area (Å²) in [5.41, 5.74) is 3.31. The number of aromatic nitrogens is 1. The van der Waals surface area contributed by atoms with Gasteiger partial charge in [0.25, 0.3) is 0 Å². The molecule has 138 valence electrons. The second kappa shape index (κ2) is 6.78. The summed E-state index contributed by atoms with van der Waals surface area (Å²) in [6, 6.07) is 22.6. The van der Waals surface area contributed by atoms with Crippen molar-refractivity contribution in [2.24, 2.45) is 0 Å². The van der Waals surface area contributed by atoms with E-state index in [-0.39, 0.29) is 12.6 Å². The van der Waals surface area contributed by atoms with Crippen molar-refractivity contribution >= 4 is 22.4 Å². The molecule has 0 aliphatic carbocycles. The lowest BCUT2D eigenvalue weighted by atomic mass is 9.96. The summed E-state index contributed by atoms with van der Waals surface area (Å²) in [5.74, 6) is 1.39. The van der Waals surface area contributed by atoms with Crippen LogP contribution in [-0.4, -0.2) is 17.6 Å². The number of benzene rings is 3. The molecule has 4 aromatic rings. The van der Waals surface area contributed by atoms with Crippen molar-refractivity contribution in [3.05, 3.63) is 90.1 Å². The molecule has 0 spiro atoms. The van der Waals surface area contributed by atoms with Crippen molar-refractivity contribution in [1.29, 1.82) is 0 Å². The van der Waals surface area contributed by atoms with Crippen LogP contribution in [0.5, 0.6) is 11.5 Å². The third-order valence-electron chi connectivity index (χ3n) is 4.93. The molecule has 5 heteroatoms. The molecule has 0 radical (unpaired) electrons. The van der Waals surface area contributed by atoms with Crippen molar-refractivity contribution in [2.45, 2.75) is 6.04 Å². The van der Waals surface area contributed by atoms with Crippen molar-refractivity contribution in [2.75, 3.05) is 12.1 Å². The van der Waals surface area contributed by atoms with Crippen molar-refractivity contribution < 1.29 is 14.3 Å². The van der Waals surface area contributed by atoms with E-state index in [4.69, 9.17) is 9.47 Å². The number of hydrogen-bond acceptors (Lipinski definition) is 4. The van der Waals surface area contributed by atoms with Gasteiger partial charge in [-0.3, -0.25) is 4.79 Å². The van der Waals surface area contributed by atoms with E-state index in [1.165, 1.54) is 0 Å². The number of H-pyrrole nitrogens is 1. The van der Waals surface area contributed by atoms with E-state index >= 15 is 0 Å². The van der Waals surface area contributed by atoms with E-state index in [9.17, 15) is 4.79 Å². The van der Waals surface area contributed by atoms with Crippen LogP contribution >= 0.6 is 0 Å². The minimum absolute atomic E-state index is 0.00122. The zero-order valence-corrected chi connectivity index (χ0v) is 15.0. The Kier molecular flexibility index (Phi) is 3.98. The minimum Gasteiger partial charge on any atom is -0.454 e. The average molecular weight is 370 g/mol. The topological polar surface area (TPSA) is 63.4 Å². The van der Waals surface area contributed by atoms with Gasteiger partial charge in [0.15, 0.2) is 17.3 Å². The fraction of sp³-hybridized carbons (Fsp3) is 0.0870. The first kappa shape index (κ1) is 16.4. The molecular weight excluding hydrogens is 352 g/mol. The molecule has 1 aromatic heterocycles. The highest BCUT2D eigenvalue weighted by Crippen LogP contribution is 2.36. The number of nitrogens with one attached hydrogen (secondary N) is 2. The Balaban J connectivity index is 1.54. The molecule has 0 fully saturated rings. The van der Waals surface area contributed by atoms with Gasteiger partial charge in [0.2, 0.25) is 6.79 Å². The van der Waals surface area contributed by atoms with E-state index in [0.29, 0.717) is 17.1 Å². The first-order chi connectivity index (χ1) is 13.8. The Morgan fingerprint density at radius 3 is 2.61 bits per heavy atom. The van der Waals surface area contributed by atoms with Gasteiger partial charge in [-0.1, -0.05) is 48.5 Å². The predicted octanol–water partition coefficient (Wildman–Crippen LogP) is 4.93. The van der Waals surface area contributed by atoms with E-state index in [2.05, 4.69) is 10.3 Å². The molecule has 2 N–H and O–H groups in total. The number of para-hydroxylation sites is 1. The van der Waals surface area contributed by atoms with E-state index in [0.717, 1.165) is 22.2 Å². The lowest BCUT2D eigenvalue weighted by Crippen LogP contribution is -2.21. The maximum Gasteiger partial charge on any atom is 0.231 e. The molecule has 1 aliphatic rings. The number of ether oxygens (including phenoxy) is 2. The number of carbonyl (C=O) groups excluding carboxylic acids is 1. The van der Waals surface area contributed by atoms with Gasteiger partial charge < -0.3 is 19.8 Å². The first-order valence-corrected chi connectivity index (χ1v) is 9.11. The van der Waals surface area contributed by atoms with Gasteiger partial charge in [-0.15, -0.1) is 0 Å². The first-order valence-electron chi connectivity index (χ1n) is 9.11. The van der Waals surface area contributed by atoms with Crippen LogP contribution in [0.3, 0.4) is 0 Å². The summed E-state index contributed by atoms with van der Waals surface area (Å²) in [6.07, 6.45) is 1.78. The molecule has 3 aromatic carbocycles. The second-order valence-corrected chi connectivity index (χ2v) is 6.67. The van der Waals surface area contributed by atoms with Crippen LogP contribution in [0.15, 0.2) is 79.0 Å². The molecule has 0 amide bonds. The number of rotatable bonds is 5. The van der Waals surface area contributed by atoms with Gasteiger partial charge in [0.05, 0.1) is 0 Å². The SMILES string of the molecule is O=C(c1c[nH]c2ccccc12)[C@@H](Nc1ccc2c(c1)OCO2)c1ccccc1. The zero-order valence-electron chi connectivity index (χ0n) is 15.0. The summed E-state index contributed by atoms with van der Waals surface area (Å²) < 4.78 is 10.8. The number of anilines is 1. The Bertz CT molecular complexity index is 1150.